The van der Waals surface area contributed by atoms with E-state index in [0.717, 1.165) is 6.07 Å². The highest BCUT2D eigenvalue weighted by Crippen LogP contribution is 2.37. The first-order valence-electron chi connectivity index (χ1n) is 10.8. The molecule has 4 rings (SSSR count). The molecular formula is C26H23F5O3. The first-order chi connectivity index (χ1) is 16.2. The van der Waals surface area contributed by atoms with Gasteiger partial charge in [-0.2, -0.15) is 13.2 Å². The van der Waals surface area contributed by atoms with E-state index in [1.54, 1.807) is 0 Å². The summed E-state index contributed by atoms with van der Waals surface area (Å²) in [4.78, 5) is 0. The minimum Gasteiger partial charge on any atom is -0.494 e. The molecule has 3 aromatic rings. The summed E-state index contributed by atoms with van der Waals surface area (Å²) < 4.78 is 87.0. The summed E-state index contributed by atoms with van der Waals surface area (Å²) in [5.41, 5.74) is 0.992. The second kappa shape index (κ2) is 9.62. The smallest absolute Gasteiger partial charge is 0.402 e. The Bertz CT molecular complexity index is 1160. The van der Waals surface area contributed by atoms with Crippen molar-refractivity contribution in [2.45, 2.75) is 32.0 Å². The molecule has 8 heteroatoms. The van der Waals surface area contributed by atoms with Gasteiger partial charge in [0.05, 0.1) is 25.7 Å². The van der Waals surface area contributed by atoms with Gasteiger partial charge in [-0.1, -0.05) is 24.3 Å². The van der Waals surface area contributed by atoms with Crippen LogP contribution in [0.5, 0.6) is 11.5 Å². The van der Waals surface area contributed by atoms with Crippen LogP contribution in [-0.2, 0) is 4.74 Å². The molecule has 0 radical (unpaired) electrons. The van der Waals surface area contributed by atoms with Crippen molar-refractivity contribution >= 4 is 0 Å². The zero-order chi connectivity index (χ0) is 24.5. The summed E-state index contributed by atoms with van der Waals surface area (Å²) in [6.45, 7) is 1.70. The van der Waals surface area contributed by atoms with Crippen LogP contribution in [0, 0.1) is 23.4 Å². The van der Waals surface area contributed by atoms with E-state index in [-0.39, 0.29) is 41.8 Å². The first kappa shape index (κ1) is 24.0. The Morgan fingerprint density at radius 2 is 1.50 bits per heavy atom. The minimum atomic E-state index is -3.49. The van der Waals surface area contributed by atoms with Gasteiger partial charge in [-0.25, -0.2) is 8.78 Å². The second-order valence-electron chi connectivity index (χ2n) is 8.24. The molecule has 0 amide bonds. The van der Waals surface area contributed by atoms with Gasteiger partial charge in [0.2, 0.25) is 5.82 Å². The molecule has 1 saturated heterocycles. The average molecular weight is 478 g/mol. The molecule has 0 aliphatic carbocycles. The van der Waals surface area contributed by atoms with Crippen LogP contribution in [0.15, 0.2) is 54.6 Å². The van der Waals surface area contributed by atoms with E-state index in [4.69, 9.17) is 14.2 Å². The Kier molecular flexibility index (Phi) is 6.79. The number of alkyl halides is 2. The average Bonchev–Trinajstić information content (AvgIpc) is 2.81. The van der Waals surface area contributed by atoms with Crippen LogP contribution in [-0.4, -0.2) is 25.9 Å². The molecule has 3 nitrogen and oxygen atoms in total. The summed E-state index contributed by atoms with van der Waals surface area (Å²) in [7, 11) is 1.24. The molecule has 0 aromatic heterocycles. The van der Waals surface area contributed by atoms with Crippen molar-refractivity contribution in [2.75, 3.05) is 13.7 Å². The van der Waals surface area contributed by atoms with Crippen LogP contribution < -0.4 is 9.47 Å². The highest BCUT2D eigenvalue weighted by atomic mass is 19.3. The van der Waals surface area contributed by atoms with Gasteiger partial charge in [0.25, 0.3) is 0 Å². The maximum Gasteiger partial charge on any atom is 0.402 e. The van der Waals surface area contributed by atoms with Gasteiger partial charge in [-0.15, -0.1) is 0 Å². The monoisotopic (exact) mass is 478 g/mol. The van der Waals surface area contributed by atoms with Crippen molar-refractivity contribution in [2.24, 2.45) is 5.92 Å². The second-order valence-corrected chi connectivity index (χ2v) is 8.24. The molecule has 1 fully saturated rings. The Labute approximate surface area is 194 Å². The van der Waals surface area contributed by atoms with Gasteiger partial charge in [-0.3, -0.25) is 0 Å². The fourth-order valence-electron chi connectivity index (χ4n) is 3.92. The van der Waals surface area contributed by atoms with Crippen molar-refractivity contribution in [3.8, 4) is 33.8 Å². The van der Waals surface area contributed by atoms with Gasteiger partial charge < -0.3 is 14.2 Å². The molecule has 2 unspecified atom stereocenters. The van der Waals surface area contributed by atoms with Crippen LogP contribution in [0.1, 0.15) is 19.8 Å². The van der Waals surface area contributed by atoms with Crippen LogP contribution in [0.2, 0.25) is 0 Å². The maximum absolute atomic E-state index is 14.8. The van der Waals surface area contributed by atoms with Gasteiger partial charge in [0.1, 0.15) is 11.6 Å². The number of benzene rings is 3. The highest BCUT2D eigenvalue weighted by Gasteiger charge is 2.44. The zero-order valence-corrected chi connectivity index (χ0v) is 18.6. The van der Waals surface area contributed by atoms with E-state index < -0.39 is 29.5 Å². The van der Waals surface area contributed by atoms with Crippen molar-refractivity contribution in [1.82, 2.24) is 0 Å². The molecule has 2 atom stereocenters. The lowest BCUT2D eigenvalue weighted by molar-refractivity contribution is -0.240. The quantitative estimate of drug-likeness (QED) is 0.350. The highest BCUT2D eigenvalue weighted by molar-refractivity contribution is 5.71. The fraction of sp³-hybridized carbons (Fsp3) is 0.308. The lowest BCUT2D eigenvalue weighted by Gasteiger charge is -2.32. The molecule has 1 aliphatic rings. The molecule has 0 N–H and O–H groups in total. The molecule has 0 spiro atoms. The maximum atomic E-state index is 14.8. The summed E-state index contributed by atoms with van der Waals surface area (Å²) in [5, 5.41) is 0. The third-order valence-electron chi connectivity index (χ3n) is 5.95. The van der Waals surface area contributed by atoms with Crippen LogP contribution in [0.25, 0.3) is 22.3 Å². The molecular weight excluding hydrogens is 455 g/mol. The predicted octanol–water partition coefficient (Wildman–Crippen LogP) is 7.23. The summed E-state index contributed by atoms with van der Waals surface area (Å²) in [6, 6.07) is 12.3. The molecule has 34 heavy (non-hydrogen) atoms. The number of hydrogen-bond acceptors (Lipinski definition) is 3. The van der Waals surface area contributed by atoms with Crippen molar-refractivity contribution in [1.29, 1.82) is 0 Å². The number of hydrogen-bond donors (Lipinski definition) is 0. The van der Waals surface area contributed by atoms with Crippen LogP contribution in [0.4, 0.5) is 22.0 Å². The van der Waals surface area contributed by atoms with Gasteiger partial charge in [0.15, 0.2) is 11.6 Å². The fourth-order valence-corrected chi connectivity index (χ4v) is 3.92. The van der Waals surface area contributed by atoms with Crippen LogP contribution in [0.3, 0.4) is 0 Å². The summed E-state index contributed by atoms with van der Waals surface area (Å²) >= 11 is 0. The van der Waals surface area contributed by atoms with Gasteiger partial charge >= 0.3 is 6.11 Å². The first-order valence-corrected chi connectivity index (χ1v) is 10.8. The molecule has 180 valence electrons. The third kappa shape index (κ3) is 4.87. The number of halogens is 5. The lowest BCUT2D eigenvalue weighted by Crippen LogP contribution is -2.41. The standard InChI is InChI=1S/C26H23F5O3/c1-15-3-8-18(14-33-15)26(30,31)34-19-9-10-20(22(27)13-19)16-4-6-17(7-5-16)21-11-12-23(32-2)25(29)24(21)28/h4-7,9-13,15,18H,3,8,14H2,1-2H3. The lowest BCUT2D eigenvalue weighted by atomic mass is 9.98. The van der Waals surface area contributed by atoms with Crippen LogP contribution >= 0.6 is 0 Å². The van der Waals surface area contributed by atoms with Crippen molar-refractivity contribution in [3.05, 3.63) is 72.0 Å². The van der Waals surface area contributed by atoms with Gasteiger partial charge in [-0.05, 0) is 55.2 Å². The number of ether oxygens (including phenoxy) is 3. The Hall–Kier alpha value is -3.13. The number of rotatable bonds is 6. The van der Waals surface area contributed by atoms with E-state index in [9.17, 15) is 22.0 Å². The molecule has 0 bridgehead atoms. The predicted molar refractivity (Wildman–Crippen MR) is 117 cm³/mol. The number of methoxy groups -OCH3 is 1. The van der Waals surface area contributed by atoms with E-state index >= 15 is 0 Å². The molecule has 1 aliphatic heterocycles. The SMILES string of the molecule is COc1ccc(-c2ccc(-c3ccc(OC(F)(F)C4CCC(C)OC4)cc3F)cc2)c(F)c1F. The Morgan fingerprint density at radius 1 is 0.853 bits per heavy atom. The van der Waals surface area contributed by atoms with E-state index in [2.05, 4.69) is 0 Å². The van der Waals surface area contributed by atoms with E-state index in [0.29, 0.717) is 17.5 Å². The topological polar surface area (TPSA) is 27.7 Å². The zero-order valence-electron chi connectivity index (χ0n) is 18.6. The molecule has 0 saturated carbocycles. The largest absolute Gasteiger partial charge is 0.494 e. The molecule has 1 heterocycles. The Balaban J connectivity index is 1.52. The normalized spacial score (nSPS) is 18.6. The van der Waals surface area contributed by atoms with Crippen molar-refractivity contribution in [3.63, 3.8) is 0 Å². The van der Waals surface area contributed by atoms with Gasteiger partial charge in [0, 0.05) is 17.2 Å². The Morgan fingerprint density at radius 3 is 2.09 bits per heavy atom. The van der Waals surface area contributed by atoms with E-state index in [1.807, 2.05) is 6.92 Å². The minimum absolute atomic E-state index is 0.0254. The molecule has 3 aromatic carbocycles. The van der Waals surface area contributed by atoms with Crippen molar-refractivity contribution < 1.29 is 36.2 Å². The summed E-state index contributed by atoms with van der Waals surface area (Å²) in [5.74, 6) is -4.52. The third-order valence-corrected chi connectivity index (χ3v) is 5.95. The summed E-state index contributed by atoms with van der Waals surface area (Å²) in [6.07, 6.45) is -2.82. The van der Waals surface area contributed by atoms with E-state index in [1.165, 1.54) is 55.6 Å².